The van der Waals surface area contributed by atoms with E-state index in [1.54, 1.807) is 6.07 Å². The molecule has 0 aromatic heterocycles. The molecule has 3 N–H and O–H groups in total. The summed E-state index contributed by atoms with van der Waals surface area (Å²) >= 11 is 0. The van der Waals surface area contributed by atoms with Crippen molar-refractivity contribution in [2.45, 2.75) is 25.3 Å². The lowest BCUT2D eigenvalue weighted by Gasteiger charge is -2.39. The Kier molecular flexibility index (Phi) is 3.91. The summed E-state index contributed by atoms with van der Waals surface area (Å²) in [6.45, 7) is 0.555. The van der Waals surface area contributed by atoms with E-state index in [4.69, 9.17) is 15.6 Å². The zero-order valence-corrected chi connectivity index (χ0v) is 10.5. The van der Waals surface area contributed by atoms with Gasteiger partial charge in [-0.15, -0.1) is 0 Å². The van der Waals surface area contributed by atoms with Gasteiger partial charge in [-0.05, 0) is 19.3 Å². The quantitative estimate of drug-likeness (QED) is 0.786. The summed E-state index contributed by atoms with van der Waals surface area (Å²) < 4.78 is 18.5. The normalized spacial score (nSPS) is 15.3. The van der Waals surface area contributed by atoms with Crippen LogP contribution in [0.15, 0.2) is 12.1 Å². The van der Waals surface area contributed by atoms with Gasteiger partial charge >= 0.3 is 0 Å². The van der Waals surface area contributed by atoms with Gasteiger partial charge in [0, 0.05) is 24.7 Å². The SMILES string of the molecule is COc1cc(N(CCO)C2CCC2)c(N)cc1F. The molecule has 1 aliphatic carbocycles. The number of hydrogen-bond acceptors (Lipinski definition) is 4. The molecule has 1 aliphatic rings. The first kappa shape index (κ1) is 13.0. The number of ether oxygens (including phenoxy) is 1. The zero-order valence-electron chi connectivity index (χ0n) is 10.5. The summed E-state index contributed by atoms with van der Waals surface area (Å²) in [5, 5.41) is 9.15. The first-order valence-electron chi connectivity index (χ1n) is 6.18. The summed E-state index contributed by atoms with van der Waals surface area (Å²) in [5.41, 5.74) is 7.00. The highest BCUT2D eigenvalue weighted by molar-refractivity contribution is 5.70. The minimum absolute atomic E-state index is 0.0512. The standard InChI is InChI=1S/C13H19FN2O2/c1-18-13-8-12(11(15)7-10(13)14)16(5-6-17)9-3-2-4-9/h7-9,17H,2-6,15H2,1H3. The van der Waals surface area contributed by atoms with E-state index in [9.17, 15) is 4.39 Å². The van der Waals surface area contributed by atoms with Crippen molar-refractivity contribution in [2.75, 3.05) is 30.9 Å². The molecule has 5 heteroatoms. The lowest BCUT2D eigenvalue weighted by Crippen LogP contribution is -2.42. The van der Waals surface area contributed by atoms with Crippen LogP contribution >= 0.6 is 0 Å². The van der Waals surface area contributed by atoms with Crippen LogP contribution in [0.2, 0.25) is 0 Å². The number of methoxy groups -OCH3 is 1. The Morgan fingerprint density at radius 2 is 2.22 bits per heavy atom. The minimum atomic E-state index is -0.462. The van der Waals surface area contributed by atoms with E-state index in [-0.39, 0.29) is 12.4 Å². The van der Waals surface area contributed by atoms with Gasteiger partial charge in [0.2, 0.25) is 0 Å². The van der Waals surface area contributed by atoms with Gasteiger partial charge in [0.25, 0.3) is 0 Å². The van der Waals surface area contributed by atoms with Crippen LogP contribution in [0.5, 0.6) is 5.75 Å². The van der Waals surface area contributed by atoms with Gasteiger partial charge < -0.3 is 20.5 Å². The number of aliphatic hydroxyl groups excluding tert-OH is 1. The van der Waals surface area contributed by atoms with Gasteiger partial charge in [-0.3, -0.25) is 0 Å². The molecule has 0 radical (unpaired) electrons. The molecule has 1 aromatic rings. The van der Waals surface area contributed by atoms with Crippen molar-refractivity contribution in [2.24, 2.45) is 0 Å². The number of hydrogen-bond donors (Lipinski definition) is 2. The van der Waals surface area contributed by atoms with Crippen molar-refractivity contribution >= 4 is 11.4 Å². The van der Waals surface area contributed by atoms with Gasteiger partial charge in [0.15, 0.2) is 11.6 Å². The van der Waals surface area contributed by atoms with Gasteiger partial charge in [-0.1, -0.05) is 0 Å². The summed E-state index contributed by atoms with van der Waals surface area (Å²) in [6.07, 6.45) is 3.35. The van der Waals surface area contributed by atoms with Gasteiger partial charge in [0.1, 0.15) is 0 Å². The number of benzene rings is 1. The second-order valence-corrected chi connectivity index (χ2v) is 4.55. The fourth-order valence-corrected chi connectivity index (χ4v) is 2.27. The minimum Gasteiger partial charge on any atom is -0.494 e. The molecule has 0 saturated heterocycles. The van der Waals surface area contributed by atoms with E-state index in [0.717, 1.165) is 18.5 Å². The number of halogens is 1. The Hall–Kier alpha value is -1.49. The Morgan fingerprint density at radius 3 is 2.72 bits per heavy atom. The average molecular weight is 254 g/mol. The highest BCUT2D eigenvalue weighted by Gasteiger charge is 2.26. The van der Waals surface area contributed by atoms with Crippen molar-refractivity contribution in [3.8, 4) is 5.75 Å². The van der Waals surface area contributed by atoms with E-state index in [2.05, 4.69) is 0 Å². The molecule has 4 nitrogen and oxygen atoms in total. The molecule has 1 fully saturated rings. The molecular weight excluding hydrogens is 235 g/mol. The molecule has 0 heterocycles. The number of anilines is 2. The molecule has 1 saturated carbocycles. The molecule has 0 unspecified atom stereocenters. The Balaban J connectivity index is 2.33. The van der Waals surface area contributed by atoms with Crippen LogP contribution in [0.25, 0.3) is 0 Å². The molecule has 2 rings (SSSR count). The van der Waals surface area contributed by atoms with Crippen molar-refractivity contribution in [1.29, 1.82) is 0 Å². The van der Waals surface area contributed by atoms with Crippen LogP contribution in [0.1, 0.15) is 19.3 Å². The van der Waals surface area contributed by atoms with E-state index in [1.165, 1.54) is 19.6 Å². The van der Waals surface area contributed by atoms with Crippen LogP contribution < -0.4 is 15.4 Å². The molecule has 1 aromatic carbocycles. The third kappa shape index (κ3) is 2.36. The highest BCUT2D eigenvalue weighted by atomic mass is 19.1. The Morgan fingerprint density at radius 1 is 1.50 bits per heavy atom. The molecule has 0 amide bonds. The fraction of sp³-hybridized carbons (Fsp3) is 0.538. The highest BCUT2D eigenvalue weighted by Crippen LogP contribution is 2.36. The fourth-order valence-electron chi connectivity index (χ4n) is 2.27. The van der Waals surface area contributed by atoms with Gasteiger partial charge in [-0.25, -0.2) is 4.39 Å². The largest absolute Gasteiger partial charge is 0.494 e. The molecule has 0 aliphatic heterocycles. The monoisotopic (exact) mass is 254 g/mol. The Bertz CT molecular complexity index is 422. The van der Waals surface area contributed by atoms with Crippen LogP contribution in [0.3, 0.4) is 0 Å². The van der Waals surface area contributed by atoms with E-state index in [0.29, 0.717) is 18.3 Å². The third-order valence-electron chi connectivity index (χ3n) is 3.47. The second-order valence-electron chi connectivity index (χ2n) is 4.55. The predicted molar refractivity (Wildman–Crippen MR) is 69.4 cm³/mol. The van der Waals surface area contributed by atoms with Crippen molar-refractivity contribution in [1.82, 2.24) is 0 Å². The lowest BCUT2D eigenvalue weighted by atomic mass is 9.91. The molecular formula is C13H19FN2O2. The van der Waals surface area contributed by atoms with Crippen LogP contribution in [-0.2, 0) is 0 Å². The van der Waals surface area contributed by atoms with Crippen LogP contribution in [0.4, 0.5) is 15.8 Å². The van der Waals surface area contributed by atoms with Crippen molar-refractivity contribution in [3.63, 3.8) is 0 Å². The first-order chi connectivity index (χ1) is 8.67. The first-order valence-corrected chi connectivity index (χ1v) is 6.18. The summed E-state index contributed by atoms with van der Waals surface area (Å²) in [4.78, 5) is 2.04. The summed E-state index contributed by atoms with van der Waals surface area (Å²) in [5.74, 6) is -0.280. The van der Waals surface area contributed by atoms with Crippen molar-refractivity contribution < 1.29 is 14.2 Å². The zero-order chi connectivity index (χ0) is 13.1. The Labute approximate surface area is 106 Å². The molecule has 0 bridgehead atoms. The lowest BCUT2D eigenvalue weighted by molar-refractivity contribution is 0.283. The molecule has 0 atom stereocenters. The summed E-state index contributed by atoms with van der Waals surface area (Å²) in [7, 11) is 1.43. The predicted octanol–water partition coefficient (Wildman–Crippen LogP) is 1.77. The van der Waals surface area contributed by atoms with Gasteiger partial charge in [0.05, 0.1) is 25.1 Å². The maximum absolute atomic E-state index is 13.5. The molecule has 0 spiro atoms. The summed E-state index contributed by atoms with van der Waals surface area (Å²) in [6, 6.07) is 3.27. The topological polar surface area (TPSA) is 58.7 Å². The van der Waals surface area contributed by atoms with E-state index >= 15 is 0 Å². The number of aliphatic hydroxyl groups is 1. The van der Waals surface area contributed by atoms with E-state index in [1.807, 2.05) is 4.90 Å². The number of nitrogen functional groups attached to an aromatic ring is 1. The number of nitrogens with two attached hydrogens (primary N) is 1. The third-order valence-corrected chi connectivity index (χ3v) is 3.47. The van der Waals surface area contributed by atoms with E-state index < -0.39 is 5.82 Å². The molecule has 100 valence electrons. The second kappa shape index (κ2) is 5.44. The molecule has 18 heavy (non-hydrogen) atoms. The number of nitrogens with zero attached hydrogens (tertiary/aromatic N) is 1. The maximum Gasteiger partial charge on any atom is 0.167 e. The van der Waals surface area contributed by atoms with Crippen molar-refractivity contribution in [3.05, 3.63) is 17.9 Å². The van der Waals surface area contributed by atoms with Crippen LogP contribution in [-0.4, -0.2) is 31.4 Å². The smallest absolute Gasteiger partial charge is 0.167 e. The maximum atomic E-state index is 13.5. The van der Waals surface area contributed by atoms with Gasteiger partial charge in [-0.2, -0.15) is 0 Å². The van der Waals surface area contributed by atoms with Crippen LogP contribution in [0, 0.1) is 5.82 Å². The number of rotatable bonds is 5. The average Bonchev–Trinajstić information content (AvgIpc) is 2.26.